The predicted molar refractivity (Wildman–Crippen MR) is 163 cm³/mol. The van der Waals surface area contributed by atoms with Gasteiger partial charge in [-0.15, -0.1) is 0 Å². The maximum Gasteiger partial charge on any atom is 0.111 e. The minimum absolute atomic E-state index is 0.151. The van der Waals surface area contributed by atoms with Gasteiger partial charge in [-0.2, -0.15) is 0 Å². The van der Waals surface area contributed by atoms with Gasteiger partial charge in [-0.1, -0.05) is 170 Å². The van der Waals surface area contributed by atoms with Crippen LogP contribution in [0.3, 0.4) is 0 Å². The van der Waals surface area contributed by atoms with Crippen LogP contribution >= 0.6 is 13.2 Å². The Bertz CT molecular complexity index is 1420. The van der Waals surface area contributed by atoms with Gasteiger partial charge in [0.1, 0.15) is 6.19 Å². The van der Waals surface area contributed by atoms with Crippen molar-refractivity contribution in [1.29, 1.82) is 0 Å². The third-order valence-electron chi connectivity index (χ3n) is 6.62. The standard InChI is InChI=1S/C32H29NP2S/c1-27(28-17-7-2-8-18-28)34(29-19-9-3-10-20-29,30-21-11-4-12-22-30)33-35(36,31-23-13-5-14-24-31)32-25-15-6-16-26-32/h2-27H,1H3. The average Bonchev–Trinajstić information content (AvgIpc) is 2.98. The van der Waals surface area contributed by atoms with E-state index < -0.39 is 13.2 Å². The SMILES string of the molecule is CC(c1ccccc1)P(=NP(=S)(c1ccccc1)c1ccccc1)(c1ccccc1)c1ccccc1. The molecule has 0 saturated heterocycles. The summed E-state index contributed by atoms with van der Waals surface area (Å²) in [5.41, 5.74) is 1.43. The lowest BCUT2D eigenvalue weighted by atomic mass is 10.2. The topological polar surface area (TPSA) is 12.4 Å². The second-order valence-corrected chi connectivity index (χ2v) is 16.4. The van der Waals surface area contributed by atoms with E-state index in [4.69, 9.17) is 16.3 Å². The Balaban J connectivity index is 1.95. The number of rotatable bonds is 7. The van der Waals surface area contributed by atoms with Gasteiger partial charge in [0.2, 0.25) is 0 Å². The largest absolute Gasteiger partial charge is 0.252 e. The third-order valence-corrected chi connectivity index (χ3v) is 16.3. The highest BCUT2D eigenvalue weighted by atomic mass is 32.4. The average molecular weight is 522 g/mol. The highest BCUT2D eigenvalue weighted by Gasteiger charge is 2.36. The zero-order valence-electron chi connectivity index (χ0n) is 20.3. The van der Waals surface area contributed by atoms with Crippen LogP contribution in [0, 0.1) is 0 Å². The number of benzene rings is 5. The summed E-state index contributed by atoms with van der Waals surface area (Å²) in [6.07, 6.45) is -2.54. The van der Waals surface area contributed by atoms with Crippen molar-refractivity contribution in [3.8, 4) is 0 Å². The maximum atomic E-state index is 6.72. The van der Waals surface area contributed by atoms with Crippen molar-refractivity contribution in [3.05, 3.63) is 157 Å². The molecule has 0 aliphatic carbocycles. The minimum atomic E-state index is -2.54. The Labute approximate surface area is 220 Å². The van der Waals surface area contributed by atoms with Crippen molar-refractivity contribution < 1.29 is 0 Å². The molecule has 0 saturated carbocycles. The molecule has 0 aliphatic rings. The van der Waals surface area contributed by atoms with Gasteiger partial charge >= 0.3 is 0 Å². The zero-order chi connectivity index (χ0) is 24.8. The zero-order valence-corrected chi connectivity index (χ0v) is 22.9. The molecule has 1 atom stereocenters. The van der Waals surface area contributed by atoms with Crippen LogP contribution in [-0.2, 0) is 11.8 Å². The first-order valence-corrected chi connectivity index (χ1v) is 16.7. The first kappa shape index (κ1) is 24.7. The molecule has 0 fully saturated rings. The Morgan fingerprint density at radius 1 is 0.472 bits per heavy atom. The van der Waals surface area contributed by atoms with Crippen molar-refractivity contribution in [2.45, 2.75) is 12.6 Å². The second kappa shape index (κ2) is 10.9. The van der Waals surface area contributed by atoms with E-state index >= 15 is 0 Å². The molecule has 0 aliphatic heterocycles. The number of hydrogen-bond donors (Lipinski definition) is 0. The predicted octanol–water partition coefficient (Wildman–Crippen LogP) is 7.65. The van der Waals surface area contributed by atoms with E-state index in [2.05, 4.69) is 159 Å². The van der Waals surface area contributed by atoms with Gasteiger partial charge in [-0.05, 0) is 16.2 Å². The van der Waals surface area contributed by atoms with Gasteiger partial charge < -0.3 is 0 Å². The van der Waals surface area contributed by atoms with Crippen LogP contribution in [0.4, 0.5) is 0 Å². The van der Waals surface area contributed by atoms with Crippen LogP contribution in [-0.4, -0.2) is 0 Å². The van der Waals surface area contributed by atoms with E-state index in [-0.39, 0.29) is 5.66 Å². The molecule has 0 aromatic heterocycles. The van der Waals surface area contributed by atoms with Crippen molar-refractivity contribution >= 4 is 46.3 Å². The molecule has 5 aromatic rings. The summed E-state index contributed by atoms with van der Waals surface area (Å²) in [7, 11) is -2.40. The number of nitrogens with zero attached hydrogens (tertiary/aromatic N) is 1. The van der Waals surface area contributed by atoms with Crippen LogP contribution in [0.5, 0.6) is 0 Å². The van der Waals surface area contributed by atoms with Gasteiger partial charge in [0.25, 0.3) is 0 Å². The Kier molecular flexibility index (Phi) is 7.49. The Morgan fingerprint density at radius 3 is 1.14 bits per heavy atom. The van der Waals surface area contributed by atoms with Crippen molar-refractivity contribution in [2.75, 3.05) is 0 Å². The molecule has 1 unspecified atom stereocenters. The molecule has 5 rings (SSSR count). The van der Waals surface area contributed by atoms with Crippen LogP contribution in [0.2, 0.25) is 0 Å². The fourth-order valence-electron chi connectivity index (χ4n) is 4.75. The summed E-state index contributed by atoms with van der Waals surface area (Å²) in [4.78, 5) is 0. The summed E-state index contributed by atoms with van der Waals surface area (Å²) in [6.45, 7) is 2.34. The summed E-state index contributed by atoms with van der Waals surface area (Å²) in [5, 5.41) is 4.77. The summed E-state index contributed by atoms with van der Waals surface area (Å²) in [5.74, 6) is 0. The van der Waals surface area contributed by atoms with Gasteiger partial charge in [-0.25, -0.2) is 0 Å². The lowest BCUT2D eigenvalue weighted by Crippen LogP contribution is -2.23. The highest BCUT2D eigenvalue weighted by Crippen LogP contribution is 2.67. The third kappa shape index (κ3) is 4.70. The van der Waals surface area contributed by atoms with Crippen LogP contribution < -0.4 is 21.2 Å². The molecule has 0 N–H and O–H groups in total. The lowest BCUT2D eigenvalue weighted by Gasteiger charge is -2.35. The molecule has 0 radical (unpaired) electrons. The molecule has 0 spiro atoms. The minimum Gasteiger partial charge on any atom is -0.252 e. The molecule has 178 valence electrons. The van der Waals surface area contributed by atoms with Gasteiger partial charge in [0.05, 0.1) is 0 Å². The monoisotopic (exact) mass is 521 g/mol. The molecule has 36 heavy (non-hydrogen) atoms. The van der Waals surface area contributed by atoms with E-state index in [0.29, 0.717) is 0 Å². The van der Waals surface area contributed by atoms with E-state index in [1.165, 1.54) is 16.2 Å². The van der Waals surface area contributed by atoms with Crippen molar-refractivity contribution in [2.24, 2.45) is 4.52 Å². The fraction of sp³-hybridized carbons (Fsp3) is 0.0625. The van der Waals surface area contributed by atoms with Crippen LogP contribution in [0.25, 0.3) is 0 Å². The molecular weight excluding hydrogens is 492 g/mol. The van der Waals surface area contributed by atoms with Gasteiger partial charge in [-0.3, -0.25) is 4.52 Å². The van der Waals surface area contributed by atoms with Gasteiger partial charge in [0, 0.05) is 23.3 Å². The molecule has 0 bridgehead atoms. The smallest absolute Gasteiger partial charge is 0.111 e. The summed E-state index contributed by atoms with van der Waals surface area (Å²) in [6, 6.07) is 53.6. The lowest BCUT2D eigenvalue weighted by molar-refractivity contribution is 1.08. The second-order valence-electron chi connectivity index (χ2n) is 8.78. The fourth-order valence-corrected chi connectivity index (χ4v) is 14.9. The molecule has 0 amide bonds. The molecule has 4 heteroatoms. The summed E-state index contributed by atoms with van der Waals surface area (Å²) >= 11 is 6.72. The molecular formula is C32H29NP2S. The normalized spacial score (nSPS) is 12.6. The molecule has 1 nitrogen and oxygen atoms in total. The Hall–Kier alpha value is -3.02. The summed E-state index contributed by atoms with van der Waals surface area (Å²) < 4.78 is 6.03. The van der Waals surface area contributed by atoms with E-state index in [1.807, 2.05) is 0 Å². The van der Waals surface area contributed by atoms with E-state index in [1.54, 1.807) is 0 Å². The Morgan fingerprint density at radius 2 is 0.778 bits per heavy atom. The number of hydrogen-bond acceptors (Lipinski definition) is 1. The van der Waals surface area contributed by atoms with Gasteiger partial charge in [0.15, 0.2) is 0 Å². The quantitative estimate of drug-likeness (QED) is 0.201. The highest BCUT2D eigenvalue weighted by molar-refractivity contribution is 8.22. The van der Waals surface area contributed by atoms with E-state index in [9.17, 15) is 0 Å². The first-order chi connectivity index (χ1) is 17.6. The van der Waals surface area contributed by atoms with Crippen molar-refractivity contribution in [1.82, 2.24) is 0 Å². The molecule has 5 aromatic carbocycles. The van der Waals surface area contributed by atoms with Crippen LogP contribution in [0.15, 0.2) is 156 Å². The van der Waals surface area contributed by atoms with Crippen LogP contribution in [0.1, 0.15) is 18.1 Å². The van der Waals surface area contributed by atoms with Crippen molar-refractivity contribution in [3.63, 3.8) is 0 Å². The van der Waals surface area contributed by atoms with E-state index in [0.717, 1.165) is 10.6 Å². The maximum absolute atomic E-state index is 6.72. The molecule has 0 heterocycles. The first-order valence-electron chi connectivity index (χ1n) is 12.2.